The van der Waals surface area contributed by atoms with Crippen molar-refractivity contribution in [3.05, 3.63) is 36.2 Å². The number of anilines is 2. The zero-order valence-electron chi connectivity index (χ0n) is 13.6. The molecule has 3 heterocycles. The molecule has 1 unspecified atom stereocenters. The van der Waals surface area contributed by atoms with Gasteiger partial charge in [-0.25, -0.2) is 18.4 Å². The van der Waals surface area contributed by atoms with E-state index in [1.165, 1.54) is 12.4 Å². The molecular weight excluding hydrogens is 360 g/mol. The van der Waals surface area contributed by atoms with Crippen LogP contribution in [0, 0.1) is 0 Å². The summed E-state index contributed by atoms with van der Waals surface area (Å²) in [6.45, 7) is 0.196. The minimum atomic E-state index is -3.04. The second kappa shape index (κ2) is 6.45. The molecule has 1 amide bonds. The molecule has 1 fully saturated rings. The maximum atomic E-state index is 12.2. The lowest BCUT2D eigenvalue weighted by Gasteiger charge is -2.11. The van der Waals surface area contributed by atoms with Crippen molar-refractivity contribution in [1.29, 1.82) is 0 Å². The van der Waals surface area contributed by atoms with Crippen LogP contribution in [0.15, 0.2) is 30.6 Å². The standard InChI is InChI=1S/C16H16N4O5S/c21-15(19-12-3-4-26(22,23)8-12)10-6-17-16(18-7-10)20-11-1-2-13-14(5-11)25-9-24-13/h1-2,5-7,12H,3-4,8-9H2,(H,19,21)(H,17,18,20). The van der Waals surface area contributed by atoms with E-state index in [1.807, 2.05) is 0 Å². The van der Waals surface area contributed by atoms with Crippen LogP contribution in [0.5, 0.6) is 11.5 Å². The van der Waals surface area contributed by atoms with Gasteiger partial charge in [-0.2, -0.15) is 0 Å². The minimum absolute atomic E-state index is 0.0245. The molecule has 2 aromatic rings. The topological polar surface area (TPSA) is 120 Å². The van der Waals surface area contributed by atoms with Crippen LogP contribution in [0.4, 0.5) is 11.6 Å². The summed E-state index contributed by atoms with van der Waals surface area (Å²) in [6.07, 6.45) is 3.21. The molecule has 136 valence electrons. The van der Waals surface area contributed by atoms with Gasteiger partial charge < -0.3 is 20.1 Å². The number of ether oxygens (including phenoxy) is 2. The minimum Gasteiger partial charge on any atom is -0.454 e. The first-order valence-corrected chi connectivity index (χ1v) is 9.81. The summed E-state index contributed by atoms with van der Waals surface area (Å²) in [5, 5.41) is 5.71. The van der Waals surface area contributed by atoms with Crippen LogP contribution < -0.4 is 20.1 Å². The Hall–Kier alpha value is -2.88. The van der Waals surface area contributed by atoms with Crippen LogP contribution in [0.1, 0.15) is 16.8 Å². The third-order valence-electron chi connectivity index (χ3n) is 4.11. The molecule has 0 saturated carbocycles. The van der Waals surface area contributed by atoms with Crippen LogP contribution in [0.3, 0.4) is 0 Å². The molecule has 0 spiro atoms. The van der Waals surface area contributed by atoms with E-state index in [4.69, 9.17) is 9.47 Å². The molecule has 26 heavy (non-hydrogen) atoms. The predicted octanol–water partition coefficient (Wildman–Crippen LogP) is 0.866. The molecule has 0 radical (unpaired) electrons. The molecule has 1 aromatic heterocycles. The maximum absolute atomic E-state index is 12.2. The van der Waals surface area contributed by atoms with E-state index in [-0.39, 0.29) is 35.8 Å². The van der Waals surface area contributed by atoms with Crippen LogP contribution >= 0.6 is 0 Å². The summed E-state index contributed by atoms with van der Waals surface area (Å²) < 4.78 is 33.5. The van der Waals surface area contributed by atoms with E-state index in [2.05, 4.69) is 20.6 Å². The highest BCUT2D eigenvalue weighted by atomic mass is 32.2. The second-order valence-electron chi connectivity index (χ2n) is 6.06. The van der Waals surface area contributed by atoms with Gasteiger partial charge in [0.25, 0.3) is 5.91 Å². The first-order valence-electron chi connectivity index (χ1n) is 7.98. The maximum Gasteiger partial charge on any atom is 0.254 e. The van der Waals surface area contributed by atoms with Gasteiger partial charge in [0.05, 0.1) is 17.1 Å². The molecule has 2 aliphatic heterocycles. The fourth-order valence-corrected chi connectivity index (χ4v) is 4.46. The van der Waals surface area contributed by atoms with E-state index in [1.54, 1.807) is 18.2 Å². The van der Waals surface area contributed by atoms with Crippen molar-refractivity contribution in [2.75, 3.05) is 23.6 Å². The van der Waals surface area contributed by atoms with Gasteiger partial charge in [-0.05, 0) is 18.6 Å². The van der Waals surface area contributed by atoms with Crippen molar-refractivity contribution < 1.29 is 22.7 Å². The van der Waals surface area contributed by atoms with Crippen LogP contribution in [-0.2, 0) is 9.84 Å². The predicted molar refractivity (Wildman–Crippen MR) is 92.4 cm³/mol. The van der Waals surface area contributed by atoms with Gasteiger partial charge in [-0.3, -0.25) is 4.79 Å². The van der Waals surface area contributed by atoms with E-state index < -0.39 is 9.84 Å². The lowest BCUT2D eigenvalue weighted by Crippen LogP contribution is -2.35. The summed E-state index contributed by atoms with van der Waals surface area (Å²) in [6, 6.07) is 4.99. The molecule has 9 nitrogen and oxygen atoms in total. The Labute approximate surface area is 149 Å². The van der Waals surface area contributed by atoms with Crippen molar-refractivity contribution in [2.24, 2.45) is 0 Å². The fraction of sp³-hybridized carbons (Fsp3) is 0.312. The Morgan fingerprint density at radius 2 is 1.92 bits per heavy atom. The molecule has 2 N–H and O–H groups in total. The fourth-order valence-electron chi connectivity index (χ4n) is 2.79. The lowest BCUT2D eigenvalue weighted by atomic mass is 10.2. The Morgan fingerprint density at radius 1 is 1.15 bits per heavy atom. The number of carbonyl (C=O) groups excluding carboxylic acids is 1. The molecule has 1 saturated heterocycles. The largest absolute Gasteiger partial charge is 0.454 e. The van der Waals surface area contributed by atoms with Crippen LogP contribution in [0.2, 0.25) is 0 Å². The van der Waals surface area contributed by atoms with Crippen molar-refractivity contribution >= 4 is 27.4 Å². The third kappa shape index (κ3) is 3.54. The Balaban J connectivity index is 1.39. The third-order valence-corrected chi connectivity index (χ3v) is 5.88. The lowest BCUT2D eigenvalue weighted by molar-refractivity contribution is 0.0940. The summed E-state index contributed by atoms with van der Waals surface area (Å²) in [4.78, 5) is 20.4. The average molecular weight is 376 g/mol. The highest BCUT2D eigenvalue weighted by molar-refractivity contribution is 7.91. The average Bonchev–Trinajstić information content (AvgIpc) is 3.21. The normalized spacial score (nSPS) is 19.9. The SMILES string of the molecule is O=C(NC1CCS(=O)(=O)C1)c1cnc(Nc2ccc3c(c2)OCO3)nc1. The number of nitrogens with zero attached hydrogens (tertiary/aromatic N) is 2. The number of aromatic nitrogens is 2. The first-order chi connectivity index (χ1) is 12.5. The van der Waals surface area contributed by atoms with Crippen molar-refractivity contribution in [3.8, 4) is 11.5 Å². The van der Waals surface area contributed by atoms with Crippen molar-refractivity contribution in [1.82, 2.24) is 15.3 Å². The molecule has 1 aromatic carbocycles. The van der Waals surface area contributed by atoms with Gasteiger partial charge in [0.2, 0.25) is 12.7 Å². The number of fused-ring (bicyclic) bond motifs is 1. The Bertz CT molecular complexity index is 946. The van der Waals surface area contributed by atoms with Gasteiger partial charge in [-0.1, -0.05) is 0 Å². The van der Waals surface area contributed by atoms with E-state index in [0.29, 0.717) is 23.9 Å². The molecular formula is C16H16N4O5S. The van der Waals surface area contributed by atoms with E-state index >= 15 is 0 Å². The molecule has 0 aliphatic carbocycles. The molecule has 1 atom stereocenters. The van der Waals surface area contributed by atoms with Gasteiger partial charge in [-0.15, -0.1) is 0 Å². The van der Waals surface area contributed by atoms with Gasteiger partial charge in [0.1, 0.15) is 0 Å². The number of amides is 1. The quantitative estimate of drug-likeness (QED) is 0.806. The molecule has 10 heteroatoms. The van der Waals surface area contributed by atoms with Gasteiger partial charge in [0.15, 0.2) is 21.3 Å². The smallest absolute Gasteiger partial charge is 0.254 e. The van der Waals surface area contributed by atoms with Crippen LogP contribution in [0.25, 0.3) is 0 Å². The first kappa shape index (κ1) is 16.6. The highest BCUT2D eigenvalue weighted by Gasteiger charge is 2.29. The molecule has 4 rings (SSSR count). The zero-order chi connectivity index (χ0) is 18.1. The summed E-state index contributed by atoms with van der Waals surface area (Å²) in [7, 11) is -3.04. The van der Waals surface area contributed by atoms with Gasteiger partial charge >= 0.3 is 0 Å². The summed E-state index contributed by atoms with van der Waals surface area (Å²) >= 11 is 0. The van der Waals surface area contributed by atoms with Gasteiger partial charge in [0, 0.05) is 30.2 Å². The number of benzene rings is 1. The highest BCUT2D eigenvalue weighted by Crippen LogP contribution is 2.34. The Morgan fingerprint density at radius 3 is 2.65 bits per heavy atom. The zero-order valence-corrected chi connectivity index (χ0v) is 14.5. The molecule has 2 aliphatic rings. The van der Waals surface area contributed by atoms with E-state index in [0.717, 1.165) is 5.69 Å². The summed E-state index contributed by atoms with van der Waals surface area (Å²) in [5.74, 6) is 1.33. The second-order valence-corrected chi connectivity index (χ2v) is 8.29. The van der Waals surface area contributed by atoms with Crippen molar-refractivity contribution in [2.45, 2.75) is 12.5 Å². The number of hydrogen-bond donors (Lipinski definition) is 2. The number of nitrogens with one attached hydrogen (secondary N) is 2. The Kier molecular flexibility index (Phi) is 4.11. The number of hydrogen-bond acceptors (Lipinski definition) is 8. The summed E-state index contributed by atoms with van der Waals surface area (Å²) in [5.41, 5.74) is 0.994. The van der Waals surface area contributed by atoms with E-state index in [9.17, 15) is 13.2 Å². The number of sulfone groups is 1. The number of rotatable bonds is 4. The number of carbonyl (C=O) groups is 1. The van der Waals surface area contributed by atoms with Crippen LogP contribution in [-0.4, -0.2) is 48.6 Å². The monoisotopic (exact) mass is 376 g/mol. The molecule has 0 bridgehead atoms. The van der Waals surface area contributed by atoms with Crippen molar-refractivity contribution in [3.63, 3.8) is 0 Å².